The van der Waals surface area contributed by atoms with Gasteiger partial charge in [-0.1, -0.05) is 23.4 Å². The van der Waals surface area contributed by atoms with Crippen LogP contribution in [0.25, 0.3) is 0 Å². The van der Waals surface area contributed by atoms with E-state index in [1.165, 1.54) is 0 Å². The van der Waals surface area contributed by atoms with Crippen molar-refractivity contribution >= 4 is 148 Å². The van der Waals surface area contributed by atoms with Crippen LogP contribution in [0.3, 0.4) is 0 Å². The number of carbonyl (C=O) groups is 13. The molecule has 0 aromatic carbocycles. The SMILES string of the molecule is Br.C.C1CNCCNCCNCCN1.CC(C)(C)OC(=O)CBr.CC(C)(C)OC(=O)CN1CCNCCN(CC(=O)OC(C)(C)C)CCN(CC(=O)OC(C)(C)C)CC1.CC(O)CN1CCN(CC(=O)O)CCN(CC(=O)O)CCN(CC(=O)O)CC1.CC(O)CN1CCN(CC(=O)O)CCN(CC(=O)O)CCN(CC(=O)O)CC1.CC1CO1.O=C(O)CN1CCNCCN(CC(=O)O)CCN(CC(=O)O)CC1.[Ca+2].[Gd+3]. The molecule has 0 spiro atoms. The first kappa shape index (κ1) is 149. The van der Waals surface area contributed by atoms with E-state index in [9.17, 15) is 72.5 Å². The molecule has 0 amide bonds. The molecule has 3 atom stereocenters. The Balaban J connectivity index is -0.000000553. The second-order valence-corrected chi connectivity index (χ2v) is 39.8. The van der Waals surface area contributed by atoms with Crippen LogP contribution in [0.4, 0.5) is 0 Å². The minimum Gasteiger partial charge on any atom is -0.480 e. The topological polar surface area (TPSA) is 611 Å². The monoisotopic (exact) mass is 2390 g/mol. The molecule has 0 saturated carbocycles. The predicted octanol–water partition coefficient (Wildman–Crippen LogP) is -3.72. The van der Waals surface area contributed by atoms with Gasteiger partial charge in [0.15, 0.2) is 0 Å². The molecule has 0 aromatic rings. The van der Waals surface area contributed by atoms with E-state index in [-0.39, 0.29) is 215 Å². The Kier molecular flexibility index (Phi) is 88.6. The van der Waals surface area contributed by atoms with Crippen molar-refractivity contribution in [2.45, 2.75) is 152 Å². The Morgan fingerprint density at radius 2 is 0.400 bits per heavy atom. The summed E-state index contributed by atoms with van der Waals surface area (Å²) in [4.78, 5) is 173. The molecule has 6 heterocycles. The van der Waals surface area contributed by atoms with Gasteiger partial charge in [-0.3, -0.25) is 131 Å². The van der Waals surface area contributed by atoms with E-state index in [1.807, 2.05) is 108 Å². The summed E-state index contributed by atoms with van der Waals surface area (Å²) in [6.07, 6.45) is -0.528. The zero-order valence-corrected chi connectivity index (χ0v) is 96.0. The fourth-order valence-corrected chi connectivity index (χ4v) is 14.3. The molecule has 17 N–H and O–H groups in total. The van der Waals surface area contributed by atoms with Crippen LogP contribution in [-0.4, -0.2) is 646 Å². The maximum atomic E-state index is 12.6. The molecule has 53 heteroatoms. The van der Waals surface area contributed by atoms with Gasteiger partial charge in [0.25, 0.3) is 0 Å². The van der Waals surface area contributed by atoms with Crippen molar-refractivity contribution < 1.29 is 182 Å². The van der Waals surface area contributed by atoms with Crippen molar-refractivity contribution in [2.24, 2.45) is 0 Å². The van der Waals surface area contributed by atoms with Crippen molar-refractivity contribution in [3.63, 3.8) is 0 Å². The number of nitrogens with one attached hydrogen (secondary N) is 6. The van der Waals surface area contributed by atoms with Crippen LogP contribution in [0.2, 0.25) is 0 Å². The van der Waals surface area contributed by atoms with Gasteiger partial charge in [-0.25, -0.2) is 0 Å². The first-order valence-corrected chi connectivity index (χ1v) is 49.8. The third-order valence-electron chi connectivity index (χ3n) is 20.7. The van der Waals surface area contributed by atoms with E-state index < -0.39 is 82.7 Å². The standard InChI is InChI=1S/C26H50N4O6.2C17H32N4O7.C14H26N4O6.C8H20N4.C6H11BrO2.C3H6O.CH4.BrH.Ca.Gd/c1-24(2,3)34-21(31)18-28-12-10-27-11-13-29(19-22(32)35-25(4,5)6)15-17-30(16-14-28)20-23(33)36-26(7,8)9;2*1-14(22)10-18-2-4-19(11-15(23)24)6-8-21(13-17(27)28)9-7-20(5-3-18)12-16(25)26;19-12(20)9-16-3-1-15-2-4-17(10-13(21)22)6-8-18(7-5-16)11-14(23)24;1-2-10-5-6-12-8-7-11-4-3-9-1;1-6(2,3)9-5(8)4-7;1-3-2-4-3;;;;/h27H,10-20H2,1-9H3;2*14,22H,2-13H2,1H3,(H,23,24)(H,25,26)(H,27,28);15H,1-11H2,(H,19,20)(H,21,22)(H,23,24);9-12H,1-8H2;4H2,1-3H3;3H,2H2,1H3;1H4;1H;;/q;;;;;;;;;+2;+3. The molecule has 0 aromatic heterocycles. The number of ether oxygens (including phenoxy) is 5. The zero-order valence-electron chi connectivity index (χ0n) is 88.2. The predicted molar refractivity (Wildman–Crippen MR) is 555 cm³/mol. The normalized spacial score (nSPS) is 19.7. The number of esters is 4. The summed E-state index contributed by atoms with van der Waals surface area (Å²) in [6.45, 7) is 53.2. The number of carboxylic acids is 9. The van der Waals surface area contributed by atoms with Crippen molar-refractivity contribution in [3.05, 3.63) is 0 Å². The fraction of sp³-hybridized carbons (Fsp3) is 0.859. The molecule has 3 unspecified atom stereocenters. The van der Waals surface area contributed by atoms with E-state index in [2.05, 4.69) is 54.8 Å². The summed E-state index contributed by atoms with van der Waals surface area (Å²) >= 11 is 2.99. The summed E-state index contributed by atoms with van der Waals surface area (Å²) in [5, 5.41) is 121. The van der Waals surface area contributed by atoms with Crippen molar-refractivity contribution in [1.82, 2.24) is 100 Å². The number of carbonyl (C=O) groups excluding carboxylic acids is 4. The zero-order chi connectivity index (χ0) is 107. The summed E-state index contributed by atoms with van der Waals surface area (Å²) in [5.41, 5.74) is -2.00. The Bertz CT molecular complexity index is 3270. The molecule has 843 valence electrons. The molecule has 6 rings (SSSR count). The third-order valence-corrected chi connectivity index (χ3v) is 21.2. The minimum atomic E-state index is -0.982. The molecule has 0 aliphatic carbocycles. The number of aliphatic hydroxyl groups excluding tert-OH is 2. The Morgan fingerprint density at radius 3 is 0.524 bits per heavy atom. The van der Waals surface area contributed by atoms with Gasteiger partial charge in [-0.2, -0.15) is 0 Å². The Hall–Kier alpha value is -4.27. The number of nitrogens with zero attached hydrogens (tertiary/aromatic N) is 14. The van der Waals surface area contributed by atoms with E-state index >= 15 is 0 Å². The van der Waals surface area contributed by atoms with Crippen molar-refractivity contribution in [1.29, 1.82) is 0 Å². The van der Waals surface area contributed by atoms with Crippen LogP contribution in [0, 0.1) is 39.9 Å². The first-order valence-electron chi connectivity index (χ1n) is 48.7. The van der Waals surface area contributed by atoms with Gasteiger partial charge in [0.1, 0.15) is 27.7 Å². The maximum Gasteiger partial charge on any atom is 3.00 e. The molecule has 49 nitrogen and oxygen atoms in total. The van der Waals surface area contributed by atoms with Gasteiger partial charge in [-0.05, 0) is 104 Å². The molecule has 0 bridgehead atoms. The molecule has 6 aliphatic heterocycles. The van der Waals surface area contributed by atoms with Crippen LogP contribution in [0.15, 0.2) is 0 Å². The van der Waals surface area contributed by atoms with Gasteiger partial charge in [0.05, 0.1) is 103 Å². The summed E-state index contributed by atoms with van der Waals surface area (Å²) in [5.74, 6) is -9.62. The Labute approximate surface area is 940 Å². The number of alkyl halides is 1. The van der Waals surface area contributed by atoms with Gasteiger partial charge >= 0.3 is 155 Å². The number of aliphatic hydroxyl groups is 2. The van der Waals surface area contributed by atoms with Crippen LogP contribution in [-0.2, 0) is 86.0 Å². The average molecular weight is 2390 g/mol. The molecule has 6 aliphatic rings. The summed E-state index contributed by atoms with van der Waals surface area (Å²) < 4.78 is 26.2. The molecule has 145 heavy (non-hydrogen) atoms. The van der Waals surface area contributed by atoms with Crippen molar-refractivity contribution in [3.8, 4) is 0 Å². The maximum absolute atomic E-state index is 12.6. The van der Waals surface area contributed by atoms with Crippen LogP contribution < -0.4 is 31.9 Å². The molecule has 6 saturated heterocycles. The summed E-state index contributed by atoms with van der Waals surface area (Å²) in [7, 11) is 0. The third kappa shape index (κ3) is 97.7. The quantitative estimate of drug-likeness (QED) is 0.0113. The molecular weight excluding hydrogens is 2210 g/mol. The average Bonchev–Trinajstić information content (AvgIpc) is 1.72. The number of β-amino-alcohol motifs (C(OH)–C–C–N with tert-alkyl or cyclic N) is 2. The number of carboxylic acid groups (broad SMARTS) is 9. The van der Waals surface area contributed by atoms with Crippen molar-refractivity contribution in [2.75, 3.05) is 365 Å². The minimum absolute atomic E-state index is 0. The molecular formula is C92H182Br2CaGdN20O29+5. The number of rotatable bonds is 29. The van der Waals surface area contributed by atoms with Gasteiger partial charge in [0, 0.05) is 275 Å². The molecule has 6 fully saturated rings. The summed E-state index contributed by atoms with van der Waals surface area (Å²) in [6, 6.07) is 0. The number of hydrogen-bond acceptors (Lipinski definition) is 40. The number of aliphatic carboxylic acids is 9. The van der Waals surface area contributed by atoms with Gasteiger partial charge in [0.2, 0.25) is 0 Å². The molecule has 1 radical (unpaired) electrons. The Morgan fingerprint density at radius 1 is 0.276 bits per heavy atom. The van der Waals surface area contributed by atoms with E-state index in [0.717, 1.165) is 59.0 Å². The van der Waals surface area contributed by atoms with Crippen LogP contribution in [0.5, 0.6) is 0 Å². The van der Waals surface area contributed by atoms with E-state index in [4.69, 9.17) is 69.6 Å². The number of hydrogen-bond donors (Lipinski definition) is 17. The van der Waals surface area contributed by atoms with Crippen LogP contribution >= 0.6 is 32.9 Å². The first-order chi connectivity index (χ1) is 65.9. The van der Waals surface area contributed by atoms with Crippen LogP contribution in [0.1, 0.15) is 111 Å². The smallest absolute Gasteiger partial charge is 0.480 e. The largest absolute Gasteiger partial charge is 3.00 e. The second kappa shape index (κ2) is 86.1. The second-order valence-electron chi connectivity index (χ2n) is 39.3. The van der Waals surface area contributed by atoms with E-state index in [0.29, 0.717) is 229 Å². The number of halogens is 2. The van der Waals surface area contributed by atoms with Gasteiger partial charge < -0.3 is 112 Å². The van der Waals surface area contributed by atoms with Gasteiger partial charge in [-0.15, -0.1) is 17.0 Å². The number of epoxide rings is 1. The fourth-order valence-electron chi connectivity index (χ4n) is 14.2. The van der Waals surface area contributed by atoms with E-state index in [1.54, 1.807) is 57.9 Å².